The lowest BCUT2D eigenvalue weighted by molar-refractivity contribution is -0.191. The van der Waals surface area contributed by atoms with E-state index in [9.17, 15) is 5.11 Å². The quantitative estimate of drug-likeness (QED) is 0.794. The molecule has 3 heteroatoms. The Kier molecular flexibility index (Phi) is 3.43. The summed E-state index contributed by atoms with van der Waals surface area (Å²) in [6.45, 7) is 6.92. The van der Waals surface area contributed by atoms with Gasteiger partial charge in [0.05, 0.1) is 11.2 Å². The van der Waals surface area contributed by atoms with E-state index in [0.717, 1.165) is 64.8 Å². The Hall–Kier alpha value is -0.120. The lowest BCUT2D eigenvalue weighted by Gasteiger charge is -2.51. The van der Waals surface area contributed by atoms with E-state index in [0.29, 0.717) is 5.92 Å². The molecule has 0 aromatic rings. The van der Waals surface area contributed by atoms with Gasteiger partial charge in [0.1, 0.15) is 0 Å². The summed E-state index contributed by atoms with van der Waals surface area (Å²) in [4.78, 5) is 0. The summed E-state index contributed by atoms with van der Waals surface area (Å²) >= 11 is 0. The van der Waals surface area contributed by atoms with Crippen molar-refractivity contribution in [2.24, 2.45) is 11.3 Å². The highest BCUT2D eigenvalue weighted by atomic mass is 16.5. The van der Waals surface area contributed by atoms with Crippen molar-refractivity contribution in [1.82, 2.24) is 0 Å². The second-order valence-electron chi connectivity index (χ2n) is 7.50. The van der Waals surface area contributed by atoms with Gasteiger partial charge in [-0.05, 0) is 56.3 Å². The molecule has 3 fully saturated rings. The standard InChI is InChI=1S/C16H28O3/c1-14(2)5-3-6-16(14,17)13-4-9-19-15(12-13)7-10-18-11-8-15/h13,17H,3-12H2,1-2H3. The van der Waals surface area contributed by atoms with Crippen LogP contribution in [-0.4, -0.2) is 36.1 Å². The van der Waals surface area contributed by atoms with Gasteiger partial charge in [-0.3, -0.25) is 0 Å². The molecule has 2 heterocycles. The highest BCUT2D eigenvalue weighted by Crippen LogP contribution is 2.54. The molecular weight excluding hydrogens is 240 g/mol. The molecule has 3 rings (SSSR count). The zero-order valence-electron chi connectivity index (χ0n) is 12.4. The van der Waals surface area contributed by atoms with Crippen LogP contribution < -0.4 is 0 Å². The first-order valence-electron chi connectivity index (χ1n) is 7.92. The second-order valence-corrected chi connectivity index (χ2v) is 7.50. The maximum absolute atomic E-state index is 11.3. The van der Waals surface area contributed by atoms with Gasteiger partial charge in [-0.25, -0.2) is 0 Å². The Morgan fingerprint density at radius 2 is 1.74 bits per heavy atom. The molecule has 1 N–H and O–H groups in total. The molecule has 2 atom stereocenters. The van der Waals surface area contributed by atoms with Gasteiger partial charge in [0, 0.05) is 19.8 Å². The monoisotopic (exact) mass is 268 g/mol. The van der Waals surface area contributed by atoms with Gasteiger partial charge in [0.15, 0.2) is 0 Å². The molecule has 1 spiro atoms. The van der Waals surface area contributed by atoms with E-state index >= 15 is 0 Å². The molecule has 0 radical (unpaired) electrons. The summed E-state index contributed by atoms with van der Waals surface area (Å²) < 4.78 is 11.6. The van der Waals surface area contributed by atoms with Gasteiger partial charge < -0.3 is 14.6 Å². The van der Waals surface area contributed by atoms with E-state index in [2.05, 4.69) is 13.8 Å². The molecule has 0 amide bonds. The molecule has 2 unspecified atom stereocenters. The Labute approximate surface area is 116 Å². The topological polar surface area (TPSA) is 38.7 Å². The molecule has 0 aromatic carbocycles. The average molecular weight is 268 g/mol. The normalized spacial score (nSPS) is 41.5. The molecule has 2 aliphatic heterocycles. The molecule has 0 aromatic heterocycles. The average Bonchev–Trinajstić information content (AvgIpc) is 2.66. The first-order chi connectivity index (χ1) is 8.98. The fraction of sp³-hybridized carbons (Fsp3) is 1.00. The maximum atomic E-state index is 11.3. The minimum Gasteiger partial charge on any atom is -0.389 e. The van der Waals surface area contributed by atoms with E-state index in [1.165, 1.54) is 0 Å². The molecule has 110 valence electrons. The van der Waals surface area contributed by atoms with Gasteiger partial charge in [-0.15, -0.1) is 0 Å². The highest BCUT2D eigenvalue weighted by molar-refractivity contribution is 5.06. The van der Waals surface area contributed by atoms with Crippen molar-refractivity contribution in [2.75, 3.05) is 19.8 Å². The molecule has 3 aliphatic rings. The third kappa shape index (κ3) is 2.24. The van der Waals surface area contributed by atoms with Gasteiger partial charge in [0.25, 0.3) is 0 Å². The fourth-order valence-electron chi connectivity index (χ4n) is 4.64. The van der Waals surface area contributed by atoms with E-state index < -0.39 is 5.60 Å². The van der Waals surface area contributed by atoms with Crippen molar-refractivity contribution >= 4 is 0 Å². The van der Waals surface area contributed by atoms with Gasteiger partial charge >= 0.3 is 0 Å². The van der Waals surface area contributed by atoms with Crippen LogP contribution in [-0.2, 0) is 9.47 Å². The summed E-state index contributed by atoms with van der Waals surface area (Å²) in [5.41, 5.74) is -0.432. The number of hydrogen-bond donors (Lipinski definition) is 1. The molecule has 1 aliphatic carbocycles. The number of hydrogen-bond acceptors (Lipinski definition) is 3. The molecule has 3 nitrogen and oxygen atoms in total. The highest BCUT2D eigenvalue weighted by Gasteiger charge is 2.55. The maximum Gasteiger partial charge on any atom is 0.0730 e. The fourth-order valence-corrected chi connectivity index (χ4v) is 4.64. The Balaban J connectivity index is 1.78. The third-order valence-corrected chi connectivity index (χ3v) is 6.10. The minimum absolute atomic E-state index is 0.00440. The number of ether oxygens (including phenoxy) is 2. The SMILES string of the molecule is CC1(C)CCCC1(O)C1CCOC2(CCOCC2)C1. The zero-order valence-corrected chi connectivity index (χ0v) is 12.4. The van der Waals surface area contributed by atoms with Crippen LogP contribution in [0.25, 0.3) is 0 Å². The second kappa shape index (κ2) is 4.71. The van der Waals surface area contributed by atoms with Crippen molar-refractivity contribution in [3.63, 3.8) is 0 Å². The van der Waals surface area contributed by atoms with Crippen molar-refractivity contribution in [1.29, 1.82) is 0 Å². The number of rotatable bonds is 1. The molecule has 19 heavy (non-hydrogen) atoms. The molecule has 0 bridgehead atoms. The lowest BCUT2D eigenvalue weighted by atomic mass is 9.64. The van der Waals surface area contributed by atoms with Gasteiger partial charge in [0.2, 0.25) is 0 Å². The number of aliphatic hydroxyl groups is 1. The third-order valence-electron chi connectivity index (χ3n) is 6.10. The summed E-state index contributed by atoms with van der Waals surface area (Å²) in [5.74, 6) is 0.400. The smallest absolute Gasteiger partial charge is 0.0730 e. The van der Waals surface area contributed by atoms with Crippen LogP contribution in [0.15, 0.2) is 0 Å². The van der Waals surface area contributed by atoms with E-state index in [1.807, 2.05) is 0 Å². The van der Waals surface area contributed by atoms with Crippen LogP contribution >= 0.6 is 0 Å². The van der Waals surface area contributed by atoms with Crippen LogP contribution in [0.5, 0.6) is 0 Å². The van der Waals surface area contributed by atoms with Crippen molar-refractivity contribution in [3.05, 3.63) is 0 Å². The summed E-state index contributed by atoms with van der Waals surface area (Å²) in [6, 6.07) is 0. The Morgan fingerprint density at radius 3 is 2.37 bits per heavy atom. The Bertz CT molecular complexity index is 327. The zero-order chi connectivity index (χ0) is 13.6. The van der Waals surface area contributed by atoms with Crippen LogP contribution in [0, 0.1) is 11.3 Å². The Morgan fingerprint density at radius 1 is 1.00 bits per heavy atom. The van der Waals surface area contributed by atoms with E-state index in [1.54, 1.807) is 0 Å². The molecule has 2 saturated heterocycles. The van der Waals surface area contributed by atoms with Gasteiger partial charge in [-0.1, -0.05) is 13.8 Å². The lowest BCUT2D eigenvalue weighted by Crippen LogP contribution is -2.54. The largest absolute Gasteiger partial charge is 0.389 e. The summed E-state index contributed by atoms with van der Waals surface area (Å²) in [7, 11) is 0. The van der Waals surface area contributed by atoms with Gasteiger partial charge in [-0.2, -0.15) is 0 Å². The van der Waals surface area contributed by atoms with Crippen LogP contribution in [0.4, 0.5) is 0 Å². The molecule has 1 saturated carbocycles. The summed E-state index contributed by atoms with van der Waals surface area (Å²) in [6.07, 6.45) is 7.32. The predicted molar refractivity (Wildman–Crippen MR) is 74.0 cm³/mol. The van der Waals surface area contributed by atoms with Crippen LogP contribution in [0.1, 0.15) is 58.8 Å². The minimum atomic E-state index is -0.484. The predicted octanol–water partition coefficient (Wildman–Crippen LogP) is 2.90. The first kappa shape index (κ1) is 13.8. The summed E-state index contributed by atoms with van der Waals surface area (Å²) in [5, 5.41) is 11.3. The van der Waals surface area contributed by atoms with Crippen molar-refractivity contribution in [2.45, 2.75) is 70.0 Å². The molecular formula is C16H28O3. The van der Waals surface area contributed by atoms with E-state index in [4.69, 9.17) is 9.47 Å². The van der Waals surface area contributed by atoms with E-state index in [-0.39, 0.29) is 11.0 Å². The van der Waals surface area contributed by atoms with Crippen molar-refractivity contribution in [3.8, 4) is 0 Å². The first-order valence-corrected chi connectivity index (χ1v) is 7.92. The van der Waals surface area contributed by atoms with Crippen LogP contribution in [0.2, 0.25) is 0 Å². The van der Waals surface area contributed by atoms with Crippen molar-refractivity contribution < 1.29 is 14.6 Å². The van der Waals surface area contributed by atoms with Crippen LogP contribution in [0.3, 0.4) is 0 Å².